The maximum absolute atomic E-state index is 12.9. The Kier molecular flexibility index (Phi) is 8.52. The highest BCUT2D eigenvalue weighted by molar-refractivity contribution is 7.90. The van der Waals surface area contributed by atoms with E-state index >= 15 is 0 Å². The highest BCUT2D eigenvalue weighted by Crippen LogP contribution is 2.32. The zero-order chi connectivity index (χ0) is 29.1. The topological polar surface area (TPSA) is 120 Å². The molecule has 1 N–H and O–H groups in total. The van der Waals surface area contributed by atoms with Gasteiger partial charge in [-0.25, -0.2) is 18.1 Å². The van der Waals surface area contributed by atoms with Crippen molar-refractivity contribution in [3.8, 4) is 6.07 Å². The van der Waals surface area contributed by atoms with Crippen molar-refractivity contribution < 1.29 is 26.4 Å². The molecule has 0 saturated carbocycles. The first kappa shape index (κ1) is 29.4. The van der Waals surface area contributed by atoms with Gasteiger partial charge in [0.1, 0.15) is 5.69 Å². The zero-order valence-corrected chi connectivity index (χ0v) is 22.6. The summed E-state index contributed by atoms with van der Waals surface area (Å²) in [5.41, 5.74) is 0.472. The lowest BCUT2D eigenvalue weighted by atomic mass is 10.1. The molecule has 1 aromatic carbocycles. The van der Waals surface area contributed by atoms with Crippen molar-refractivity contribution in [2.45, 2.75) is 24.9 Å². The Hall–Kier alpha value is -4.15. The number of anilines is 1. The molecule has 0 aliphatic rings. The number of sulfonamides is 1. The molecule has 0 saturated heterocycles. The van der Waals surface area contributed by atoms with Crippen LogP contribution in [0.5, 0.6) is 0 Å². The van der Waals surface area contributed by atoms with Crippen LogP contribution in [0.1, 0.15) is 32.7 Å². The number of carbonyl (C=O) groups excluding carboxylic acids is 1. The number of imidazole rings is 1. The highest BCUT2D eigenvalue weighted by Gasteiger charge is 2.32. The van der Waals surface area contributed by atoms with Gasteiger partial charge < -0.3 is 9.30 Å². The molecule has 0 aliphatic heterocycles. The number of nitriles is 1. The van der Waals surface area contributed by atoms with Crippen molar-refractivity contribution in [1.82, 2.24) is 19.1 Å². The molecule has 0 bridgehead atoms. The zero-order valence-electron chi connectivity index (χ0n) is 21.1. The molecule has 14 heteroatoms. The molecule has 9 nitrogen and oxygen atoms in total. The van der Waals surface area contributed by atoms with E-state index in [2.05, 4.69) is 9.97 Å². The summed E-state index contributed by atoms with van der Waals surface area (Å²) in [6.45, 7) is 3.00. The van der Waals surface area contributed by atoms with E-state index < -0.39 is 33.4 Å². The smallest absolute Gasteiger partial charge is 0.378 e. The van der Waals surface area contributed by atoms with Crippen LogP contribution in [0, 0.1) is 25.2 Å². The van der Waals surface area contributed by atoms with E-state index in [0.717, 1.165) is 10.6 Å². The first-order chi connectivity index (χ1) is 18.1. The van der Waals surface area contributed by atoms with Gasteiger partial charge in [0, 0.05) is 44.6 Å². The second-order valence-corrected chi connectivity index (χ2v) is 10.6. The van der Waals surface area contributed by atoms with Gasteiger partial charge in [-0.15, -0.1) is 0 Å². The summed E-state index contributed by atoms with van der Waals surface area (Å²) >= 11 is 5.82. The Labute approximate surface area is 227 Å². The molecule has 204 valence electrons. The van der Waals surface area contributed by atoms with Crippen molar-refractivity contribution in [1.29, 1.82) is 5.26 Å². The fraction of sp³-hybridized carbons (Fsp3) is 0.200. The molecule has 39 heavy (non-hydrogen) atoms. The molecular weight excluding hydrogens is 557 g/mol. The van der Waals surface area contributed by atoms with E-state index in [-0.39, 0.29) is 26.7 Å². The minimum atomic E-state index is -4.67. The summed E-state index contributed by atoms with van der Waals surface area (Å²) < 4.78 is 66.8. The van der Waals surface area contributed by atoms with E-state index in [1.807, 2.05) is 41.9 Å². The van der Waals surface area contributed by atoms with Crippen molar-refractivity contribution in [2.24, 2.45) is 0 Å². The van der Waals surface area contributed by atoms with Crippen molar-refractivity contribution in [2.75, 3.05) is 19.0 Å². The molecule has 0 atom stereocenters. The molecule has 1 amide bonds. The Balaban J connectivity index is 0.000000395. The van der Waals surface area contributed by atoms with Crippen molar-refractivity contribution in [3.05, 3.63) is 88.1 Å². The average Bonchev–Trinajstić information content (AvgIpc) is 3.30. The second-order valence-electron chi connectivity index (χ2n) is 8.51. The van der Waals surface area contributed by atoms with Crippen LogP contribution in [0.2, 0.25) is 5.02 Å². The van der Waals surface area contributed by atoms with Gasteiger partial charge in [-0.1, -0.05) is 11.6 Å². The number of pyridine rings is 2. The fourth-order valence-electron chi connectivity index (χ4n) is 3.39. The van der Waals surface area contributed by atoms with Gasteiger partial charge in [-0.3, -0.25) is 9.78 Å². The Morgan fingerprint density at radius 1 is 1.10 bits per heavy atom. The number of fused-ring (bicyclic) bond motifs is 1. The lowest BCUT2D eigenvalue weighted by Crippen LogP contribution is -2.31. The van der Waals surface area contributed by atoms with E-state index in [0.29, 0.717) is 17.8 Å². The van der Waals surface area contributed by atoms with Crippen LogP contribution in [0.15, 0.2) is 60.0 Å². The van der Waals surface area contributed by atoms with E-state index in [1.54, 1.807) is 19.3 Å². The van der Waals surface area contributed by atoms with Crippen LogP contribution in [0.3, 0.4) is 0 Å². The molecule has 3 heterocycles. The van der Waals surface area contributed by atoms with Gasteiger partial charge in [0.05, 0.1) is 27.1 Å². The van der Waals surface area contributed by atoms with E-state index in [1.165, 1.54) is 24.7 Å². The number of halogens is 4. The number of hydrogen-bond acceptors (Lipinski definition) is 7. The van der Waals surface area contributed by atoms with E-state index in [9.17, 15) is 26.4 Å². The first-order valence-electron chi connectivity index (χ1n) is 11.1. The Morgan fingerprint density at radius 3 is 2.28 bits per heavy atom. The number of amides is 1. The predicted molar refractivity (Wildman–Crippen MR) is 139 cm³/mol. The summed E-state index contributed by atoms with van der Waals surface area (Å²) in [5.74, 6) is -1.15. The quantitative estimate of drug-likeness (QED) is 0.370. The number of rotatable bonds is 4. The third kappa shape index (κ3) is 6.84. The maximum Gasteiger partial charge on any atom is 0.417 e. The predicted octanol–water partition coefficient (Wildman–Crippen LogP) is 4.76. The van der Waals surface area contributed by atoms with Crippen LogP contribution < -0.4 is 9.62 Å². The van der Waals surface area contributed by atoms with Crippen LogP contribution in [-0.2, 0) is 16.2 Å². The van der Waals surface area contributed by atoms with Gasteiger partial charge >= 0.3 is 6.18 Å². The molecule has 0 aliphatic carbocycles. The molecule has 0 radical (unpaired) electrons. The minimum absolute atomic E-state index is 0.141. The van der Waals surface area contributed by atoms with Crippen LogP contribution in [0.4, 0.5) is 18.9 Å². The Morgan fingerprint density at radius 2 is 1.74 bits per heavy atom. The molecule has 0 unspecified atom stereocenters. The van der Waals surface area contributed by atoms with Gasteiger partial charge in [-0.05, 0) is 55.3 Å². The highest BCUT2D eigenvalue weighted by atomic mass is 35.5. The van der Waals surface area contributed by atoms with Gasteiger partial charge in [0.2, 0.25) is 0 Å². The summed E-state index contributed by atoms with van der Waals surface area (Å²) in [7, 11) is -0.317. The minimum Gasteiger partial charge on any atom is -0.378 e. The molecule has 0 fully saturated rings. The second kappa shape index (κ2) is 11.3. The number of alkyl halides is 3. The summed E-state index contributed by atoms with van der Waals surface area (Å²) in [4.78, 5) is 22.0. The maximum atomic E-state index is 12.9. The Bertz CT molecular complexity index is 1680. The fourth-order valence-corrected chi connectivity index (χ4v) is 4.92. The van der Waals surface area contributed by atoms with Crippen molar-refractivity contribution >= 4 is 38.9 Å². The molecule has 0 spiro atoms. The summed E-state index contributed by atoms with van der Waals surface area (Å²) in [5, 5.41) is 8.67. The van der Waals surface area contributed by atoms with Gasteiger partial charge in [0.15, 0.2) is 5.65 Å². The van der Waals surface area contributed by atoms with E-state index in [4.69, 9.17) is 16.9 Å². The third-order valence-electron chi connectivity index (χ3n) is 5.40. The lowest BCUT2D eigenvalue weighted by molar-refractivity contribution is -0.137. The first-order valence-corrected chi connectivity index (χ1v) is 12.9. The number of carbonyl (C=O) groups is 1. The number of nitrogens with one attached hydrogen (secondary N) is 1. The van der Waals surface area contributed by atoms with Crippen LogP contribution in [0.25, 0.3) is 5.65 Å². The number of aromatic nitrogens is 3. The number of hydrogen-bond donors (Lipinski definition) is 1. The van der Waals surface area contributed by atoms with Gasteiger partial charge in [0.25, 0.3) is 15.9 Å². The van der Waals surface area contributed by atoms with Crippen LogP contribution in [-0.4, -0.2) is 42.8 Å². The summed E-state index contributed by atoms with van der Waals surface area (Å²) in [6, 6.07) is 9.15. The third-order valence-corrected chi connectivity index (χ3v) is 7.16. The number of benzene rings is 1. The molecule has 4 rings (SSSR count). The molecule has 3 aromatic heterocycles. The monoisotopic (exact) mass is 578 g/mol. The molecular formula is C25H22ClF3N6O3S. The number of aryl methyl sites for hydroxylation is 2. The lowest BCUT2D eigenvalue weighted by Gasteiger charge is -2.10. The van der Waals surface area contributed by atoms with Gasteiger partial charge in [-0.2, -0.15) is 18.4 Å². The average molecular weight is 579 g/mol. The van der Waals surface area contributed by atoms with Crippen molar-refractivity contribution in [3.63, 3.8) is 0 Å². The largest absolute Gasteiger partial charge is 0.417 e. The van der Waals surface area contributed by atoms with Crippen LogP contribution >= 0.6 is 11.6 Å². The number of nitrogens with zero attached hydrogens (tertiary/aromatic N) is 5. The summed E-state index contributed by atoms with van der Waals surface area (Å²) in [6.07, 6.45) is 0.537. The standard InChI is InChI=1S/C18H12ClF3N4O3S.C7H10N2/c1-9-4-15(10(2)3-11(9)6-23)30(28,29)25-17(27)14-8-26-7-12(18(20,21)22)5-13(19)16(26)24-14;1-9(2)7-3-5-8-6-4-7/h3-5,7-8H,1-2H3,(H,25,27);3-6H,1-2H3. The molecule has 4 aromatic rings. The SMILES string of the molecule is CN(C)c1ccncc1.Cc1cc(S(=O)(=O)NC(=O)c2cn3cc(C(F)(F)F)cc(Cl)c3n2)c(C)cc1C#N. The normalized spacial score (nSPS) is 11.4.